The highest BCUT2D eigenvalue weighted by molar-refractivity contribution is 5.24. The first-order valence-electron chi connectivity index (χ1n) is 7.13. The molecule has 1 aliphatic rings. The summed E-state index contributed by atoms with van der Waals surface area (Å²) in [5.74, 6) is -0.186. The van der Waals surface area contributed by atoms with E-state index in [4.69, 9.17) is 4.98 Å². The zero-order valence-electron chi connectivity index (χ0n) is 11.7. The summed E-state index contributed by atoms with van der Waals surface area (Å²) in [7, 11) is 2.15. The molecule has 3 heteroatoms. The van der Waals surface area contributed by atoms with Crippen LogP contribution in [0.15, 0.2) is 42.5 Å². The number of aromatic nitrogens is 1. The van der Waals surface area contributed by atoms with Crippen LogP contribution < -0.4 is 0 Å². The fraction of sp³-hybridized carbons (Fsp3) is 0.353. The Balaban J connectivity index is 1.81. The number of hydrogen-bond donors (Lipinski definition) is 0. The van der Waals surface area contributed by atoms with E-state index in [-0.39, 0.29) is 5.82 Å². The average molecular weight is 270 g/mol. The molecule has 1 aromatic heterocycles. The molecule has 0 saturated carbocycles. The van der Waals surface area contributed by atoms with E-state index in [1.165, 1.54) is 18.9 Å². The summed E-state index contributed by atoms with van der Waals surface area (Å²) in [6.45, 7) is 1.14. The number of pyridine rings is 1. The van der Waals surface area contributed by atoms with Crippen LogP contribution in [0.3, 0.4) is 0 Å². The third kappa shape index (κ3) is 2.88. The van der Waals surface area contributed by atoms with Crippen LogP contribution in [0.5, 0.6) is 0 Å². The van der Waals surface area contributed by atoms with Gasteiger partial charge in [-0.15, -0.1) is 0 Å². The zero-order valence-corrected chi connectivity index (χ0v) is 11.7. The maximum absolute atomic E-state index is 13.2. The van der Waals surface area contributed by atoms with E-state index in [0.717, 1.165) is 23.5 Å². The molecule has 1 saturated heterocycles. The quantitative estimate of drug-likeness (QED) is 0.847. The van der Waals surface area contributed by atoms with Crippen LogP contribution in [-0.2, 0) is 6.42 Å². The maximum atomic E-state index is 13.2. The Labute approximate surface area is 119 Å². The maximum Gasteiger partial charge on any atom is 0.123 e. The Morgan fingerprint density at radius 2 is 2.10 bits per heavy atom. The van der Waals surface area contributed by atoms with Crippen molar-refractivity contribution < 1.29 is 4.39 Å². The highest BCUT2D eigenvalue weighted by Gasteiger charge is 2.23. The first-order valence-corrected chi connectivity index (χ1v) is 7.13. The lowest BCUT2D eigenvalue weighted by atomic mass is 10.1. The van der Waals surface area contributed by atoms with Crippen molar-refractivity contribution in [2.75, 3.05) is 13.6 Å². The molecule has 2 nitrogen and oxygen atoms in total. The molecule has 0 aliphatic carbocycles. The van der Waals surface area contributed by atoms with Crippen LogP contribution in [0.2, 0.25) is 0 Å². The Kier molecular flexibility index (Phi) is 3.79. The third-order valence-electron chi connectivity index (χ3n) is 3.96. The molecule has 1 aromatic carbocycles. The molecule has 20 heavy (non-hydrogen) atoms. The van der Waals surface area contributed by atoms with Crippen molar-refractivity contribution in [1.29, 1.82) is 0 Å². The fourth-order valence-corrected chi connectivity index (χ4v) is 2.92. The van der Waals surface area contributed by atoms with E-state index in [1.54, 1.807) is 12.1 Å². The van der Waals surface area contributed by atoms with Gasteiger partial charge in [0.25, 0.3) is 0 Å². The Morgan fingerprint density at radius 1 is 1.25 bits per heavy atom. The molecule has 1 atom stereocenters. The van der Waals surface area contributed by atoms with Crippen LogP contribution in [0, 0.1) is 5.82 Å². The Morgan fingerprint density at radius 3 is 2.85 bits per heavy atom. The summed E-state index contributed by atoms with van der Waals surface area (Å²) in [5.41, 5.74) is 3.11. The number of likely N-dealkylation sites (tertiary alicyclic amines) is 1. The van der Waals surface area contributed by atoms with E-state index >= 15 is 0 Å². The lowest BCUT2D eigenvalue weighted by Gasteiger charge is -2.19. The molecule has 3 rings (SSSR count). The minimum atomic E-state index is -0.186. The highest BCUT2D eigenvalue weighted by Crippen LogP contribution is 2.29. The lowest BCUT2D eigenvalue weighted by molar-refractivity contribution is 0.311. The van der Waals surface area contributed by atoms with Gasteiger partial charge >= 0.3 is 0 Å². The molecule has 1 aliphatic heterocycles. The van der Waals surface area contributed by atoms with Crippen LogP contribution in [0.1, 0.15) is 35.8 Å². The first kappa shape index (κ1) is 13.3. The van der Waals surface area contributed by atoms with Gasteiger partial charge in [0.1, 0.15) is 5.82 Å². The molecule has 2 heterocycles. The number of rotatable bonds is 3. The largest absolute Gasteiger partial charge is 0.298 e. The normalized spacial score (nSPS) is 19.4. The van der Waals surface area contributed by atoms with Gasteiger partial charge in [-0.2, -0.15) is 0 Å². The van der Waals surface area contributed by atoms with Crippen LogP contribution in [0.4, 0.5) is 4.39 Å². The minimum absolute atomic E-state index is 0.186. The number of benzene rings is 1. The average Bonchev–Trinajstić information content (AvgIpc) is 2.85. The standard InChI is InChI=1S/C17H19FN2/c1-20-10-4-9-17(20)16-8-3-7-15(19-16)12-13-5-2-6-14(18)11-13/h2-3,5-8,11,17H,4,9-10,12H2,1H3/t17-/m0/s1. The second-order valence-corrected chi connectivity index (χ2v) is 5.50. The molecule has 1 fully saturated rings. The Bertz CT molecular complexity index is 597. The van der Waals surface area contributed by atoms with Gasteiger partial charge in [-0.1, -0.05) is 18.2 Å². The summed E-state index contributed by atoms with van der Waals surface area (Å²) in [6.07, 6.45) is 3.09. The molecule has 0 N–H and O–H groups in total. The topological polar surface area (TPSA) is 16.1 Å². The minimum Gasteiger partial charge on any atom is -0.298 e. The highest BCUT2D eigenvalue weighted by atomic mass is 19.1. The molecule has 2 aromatic rings. The van der Waals surface area contributed by atoms with E-state index < -0.39 is 0 Å². The summed E-state index contributed by atoms with van der Waals surface area (Å²) in [6, 6.07) is 13.4. The molecule has 0 amide bonds. The van der Waals surface area contributed by atoms with Gasteiger partial charge in [-0.05, 0) is 56.3 Å². The molecule has 0 bridgehead atoms. The molecule has 0 unspecified atom stereocenters. The molecule has 0 radical (unpaired) electrons. The van der Waals surface area contributed by atoms with Crippen molar-refractivity contribution >= 4 is 0 Å². The van der Waals surface area contributed by atoms with Gasteiger partial charge in [-0.25, -0.2) is 4.39 Å². The van der Waals surface area contributed by atoms with Gasteiger partial charge in [0.15, 0.2) is 0 Å². The van der Waals surface area contributed by atoms with Crippen molar-refractivity contribution in [1.82, 2.24) is 9.88 Å². The SMILES string of the molecule is CN1CCC[C@H]1c1cccc(Cc2cccc(F)c2)n1. The molecular weight excluding hydrogens is 251 g/mol. The van der Waals surface area contributed by atoms with Crippen molar-refractivity contribution in [2.45, 2.75) is 25.3 Å². The molecular formula is C17H19FN2. The second-order valence-electron chi connectivity index (χ2n) is 5.50. The number of nitrogens with zero attached hydrogens (tertiary/aromatic N) is 2. The van der Waals surface area contributed by atoms with E-state index in [1.807, 2.05) is 12.1 Å². The monoisotopic (exact) mass is 270 g/mol. The fourth-order valence-electron chi connectivity index (χ4n) is 2.92. The molecule has 104 valence electrons. The van der Waals surface area contributed by atoms with Gasteiger partial charge in [0.2, 0.25) is 0 Å². The van der Waals surface area contributed by atoms with Crippen molar-refractivity contribution in [3.8, 4) is 0 Å². The van der Waals surface area contributed by atoms with E-state index in [9.17, 15) is 4.39 Å². The third-order valence-corrected chi connectivity index (χ3v) is 3.96. The van der Waals surface area contributed by atoms with Gasteiger partial charge in [0.05, 0.1) is 11.7 Å². The predicted molar refractivity (Wildman–Crippen MR) is 78.0 cm³/mol. The number of halogens is 1. The smallest absolute Gasteiger partial charge is 0.123 e. The number of hydrogen-bond acceptors (Lipinski definition) is 2. The summed E-state index contributed by atoms with van der Waals surface area (Å²) in [5, 5.41) is 0. The van der Waals surface area contributed by atoms with Crippen molar-refractivity contribution in [3.63, 3.8) is 0 Å². The van der Waals surface area contributed by atoms with Crippen molar-refractivity contribution in [2.24, 2.45) is 0 Å². The van der Waals surface area contributed by atoms with Gasteiger partial charge in [-0.3, -0.25) is 9.88 Å². The summed E-state index contributed by atoms with van der Waals surface area (Å²) < 4.78 is 13.2. The van der Waals surface area contributed by atoms with E-state index in [2.05, 4.69) is 24.1 Å². The van der Waals surface area contributed by atoms with Gasteiger partial charge < -0.3 is 0 Å². The summed E-state index contributed by atoms with van der Waals surface area (Å²) >= 11 is 0. The zero-order chi connectivity index (χ0) is 13.9. The predicted octanol–water partition coefficient (Wildman–Crippen LogP) is 3.58. The first-order chi connectivity index (χ1) is 9.72. The molecule has 0 spiro atoms. The van der Waals surface area contributed by atoms with Gasteiger partial charge in [0, 0.05) is 12.1 Å². The summed E-state index contributed by atoms with van der Waals surface area (Å²) in [4.78, 5) is 7.12. The van der Waals surface area contributed by atoms with Crippen molar-refractivity contribution in [3.05, 3.63) is 65.2 Å². The second kappa shape index (κ2) is 5.71. The van der Waals surface area contributed by atoms with Crippen LogP contribution >= 0.6 is 0 Å². The van der Waals surface area contributed by atoms with Crippen LogP contribution in [0.25, 0.3) is 0 Å². The van der Waals surface area contributed by atoms with Crippen LogP contribution in [-0.4, -0.2) is 23.5 Å². The lowest BCUT2D eigenvalue weighted by Crippen LogP contribution is -2.18. The Hall–Kier alpha value is -1.74. The van der Waals surface area contributed by atoms with E-state index in [0.29, 0.717) is 12.5 Å².